The van der Waals surface area contributed by atoms with E-state index in [-0.39, 0.29) is 29.0 Å². The van der Waals surface area contributed by atoms with E-state index in [4.69, 9.17) is 20.9 Å². The standard InChI is InChI=1S/C20H21ClFN3O5/c21-13-2-1-12(9-14(13)22)29-11-17(27)24-19-4-6-20(7-5-19,16(26)10-19)25-18(28)15-3-8-23-30-15/h1-3,8-9,16,26H,4-7,10-11H2,(H,24,27)(H,25,28). The van der Waals surface area contributed by atoms with Gasteiger partial charge >= 0.3 is 0 Å². The summed E-state index contributed by atoms with van der Waals surface area (Å²) >= 11 is 5.63. The molecule has 30 heavy (non-hydrogen) atoms. The van der Waals surface area contributed by atoms with E-state index in [2.05, 4.69) is 15.8 Å². The quantitative estimate of drug-likeness (QED) is 0.638. The lowest BCUT2D eigenvalue weighted by Crippen LogP contribution is -2.70. The Balaban J connectivity index is 1.34. The van der Waals surface area contributed by atoms with Gasteiger partial charge in [0.25, 0.3) is 11.8 Å². The number of amides is 2. The molecule has 2 bridgehead atoms. The van der Waals surface area contributed by atoms with Crippen molar-refractivity contribution in [2.75, 3.05) is 6.61 Å². The molecular formula is C20H21ClFN3O5. The zero-order chi connectivity index (χ0) is 21.4. The fourth-order valence-electron chi connectivity index (χ4n) is 4.33. The van der Waals surface area contributed by atoms with Crippen molar-refractivity contribution in [3.05, 3.63) is 47.1 Å². The van der Waals surface area contributed by atoms with E-state index < -0.39 is 28.9 Å². The summed E-state index contributed by atoms with van der Waals surface area (Å²) < 4.78 is 23.7. The molecular weight excluding hydrogens is 417 g/mol. The van der Waals surface area contributed by atoms with Gasteiger partial charge in [0.05, 0.1) is 22.9 Å². The highest BCUT2D eigenvalue weighted by Gasteiger charge is 2.55. The Hall–Kier alpha value is -2.65. The van der Waals surface area contributed by atoms with Crippen molar-refractivity contribution in [2.24, 2.45) is 0 Å². The van der Waals surface area contributed by atoms with E-state index >= 15 is 0 Å². The minimum Gasteiger partial charge on any atom is -0.484 e. The van der Waals surface area contributed by atoms with Gasteiger partial charge in [0.2, 0.25) is 5.76 Å². The molecule has 3 aliphatic rings. The molecule has 3 saturated carbocycles. The molecule has 10 heteroatoms. The highest BCUT2D eigenvalue weighted by molar-refractivity contribution is 6.30. The summed E-state index contributed by atoms with van der Waals surface area (Å²) in [7, 11) is 0. The topological polar surface area (TPSA) is 114 Å². The smallest absolute Gasteiger partial charge is 0.290 e. The largest absolute Gasteiger partial charge is 0.484 e. The molecule has 3 aliphatic carbocycles. The number of benzene rings is 1. The van der Waals surface area contributed by atoms with E-state index in [1.165, 1.54) is 24.4 Å². The van der Waals surface area contributed by atoms with Crippen molar-refractivity contribution in [3.8, 4) is 5.75 Å². The van der Waals surface area contributed by atoms with Crippen LogP contribution in [0.15, 0.2) is 35.0 Å². The third-order valence-corrected chi connectivity index (χ3v) is 6.32. The number of nitrogens with one attached hydrogen (secondary N) is 2. The molecule has 8 nitrogen and oxygen atoms in total. The third kappa shape index (κ3) is 3.99. The Kier molecular flexibility index (Phi) is 5.42. The van der Waals surface area contributed by atoms with Crippen LogP contribution in [0.3, 0.4) is 0 Å². The van der Waals surface area contributed by atoms with E-state index in [1.807, 2.05) is 0 Å². The van der Waals surface area contributed by atoms with Gasteiger partial charge in [-0.1, -0.05) is 16.8 Å². The first-order valence-electron chi connectivity index (χ1n) is 9.61. The average molecular weight is 438 g/mol. The number of rotatable bonds is 6. The first-order chi connectivity index (χ1) is 14.3. The Morgan fingerprint density at radius 3 is 2.67 bits per heavy atom. The van der Waals surface area contributed by atoms with Gasteiger partial charge < -0.3 is 25.0 Å². The van der Waals surface area contributed by atoms with Crippen LogP contribution in [-0.2, 0) is 4.79 Å². The van der Waals surface area contributed by atoms with Gasteiger partial charge in [-0.25, -0.2) is 4.39 Å². The molecule has 1 aromatic carbocycles. The summed E-state index contributed by atoms with van der Waals surface area (Å²) in [6.07, 6.45) is 3.09. The number of nitrogens with zero attached hydrogens (tertiary/aromatic N) is 1. The van der Waals surface area contributed by atoms with Crippen LogP contribution in [-0.4, -0.2) is 45.9 Å². The molecule has 0 spiro atoms. The first-order valence-corrected chi connectivity index (χ1v) is 9.99. The maximum absolute atomic E-state index is 13.5. The molecule has 3 N–H and O–H groups in total. The van der Waals surface area contributed by atoms with Gasteiger partial charge in [-0.05, 0) is 44.2 Å². The van der Waals surface area contributed by atoms with Gasteiger partial charge in [-0.15, -0.1) is 0 Å². The van der Waals surface area contributed by atoms with Crippen LogP contribution in [0.1, 0.15) is 42.7 Å². The maximum atomic E-state index is 13.5. The molecule has 160 valence electrons. The third-order valence-electron chi connectivity index (χ3n) is 6.01. The maximum Gasteiger partial charge on any atom is 0.290 e. The Morgan fingerprint density at radius 1 is 1.27 bits per heavy atom. The molecule has 1 atom stereocenters. The molecule has 1 unspecified atom stereocenters. The monoisotopic (exact) mass is 437 g/mol. The average Bonchev–Trinajstić information content (AvgIpc) is 3.25. The number of carbonyl (C=O) groups is 2. The lowest BCUT2D eigenvalue weighted by Gasteiger charge is -2.56. The summed E-state index contributed by atoms with van der Waals surface area (Å²) in [6.45, 7) is -0.285. The fourth-order valence-corrected chi connectivity index (χ4v) is 4.45. The van der Waals surface area contributed by atoms with Gasteiger partial charge in [-0.3, -0.25) is 9.59 Å². The lowest BCUT2D eigenvalue weighted by molar-refractivity contribution is -0.129. The van der Waals surface area contributed by atoms with Crippen molar-refractivity contribution in [2.45, 2.75) is 49.3 Å². The Morgan fingerprint density at radius 2 is 2.03 bits per heavy atom. The summed E-state index contributed by atoms with van der Waals surface area (Å²) in [5, 5.41) is 20.1. The van der Waals surface area contributed by atoms with Crippen LogP contribution in [0.4, 0.5) is 4.39 Å². The predicted octanol–water partition coefficient (Wildman–Crippen LogP) is 2.21. The van der Waals surface area contributed by atoms with Crippen LogP contribution >= 0.6 is 11.6 Å². The van der Waals surface area contributed by atoms with E-state index in [1.54, 1.807) is 0 Å². The van der Waals surface area contributed by atoms with Gasteiger partial charge in [0.15, 0.2) is 6.61 Å². The number of carbonyl (C=O) groups excluding carboxylic acids is 2. The molecule has 1 aromatic heterocycles. The zero-order valence-electron chi connectivity index (χ0n) is 16.0. The van der Waals surface area contributed by atoms with Crippen molar-refractivity contribution >= 4 is 23.4 Å². The molecule has 0 radical (unpaired) electrons. The minimum atomic E-state index is -0.821. The van der Waals surface area contributed by atoms with Crippen LogP contribution < -0.4 is 15.4 Å². The Bertz CT molecular complexity index is 944. The molecule has 5 rings (SSSR count). The fraction of sp³-hybridized carbons (Fsp3) is 0.450. The first kappa shape index (κ1) is 20.6. The second kappa shape index (κ2) is 7.88. The summed E-state index contributed by atoms with van der Waals surface area (Å²) in [4.78, 5) is 24.8. The van der Waals surface area contributed by atoms with E-state index in [0.717, 1.165) is 6.07 Å². The summed E-state index contributed by atoms with van der Waals surface area (Å²) in [6, 6.07) is 5.41. The zero-order valence-corrected chi connectivity index (χ0v) is 16.7. The second-order valence-electron chi connectivity index (χ2n) is 7.90. The van der Waals surface area contributed by atoms with Crippen molar-refractivity contribution < 1.29 is 28.3 Å². The molecule has 2 amide bonds. The van der Waals surface area contributed by atoms with Crippen molar-refractivity contribution in [3.63, 3.8) is 0 Å². The van der Waals surface area contributed by atoms with E-state index in [9.17, 15) is 19.1 Å². The van der Waals surface area contributed by atoms with E-state index in [0.29, 0.717) is 32.1 Å². The number of aliphatic hydroxyl groups is 1. The number of hydrogen-bond donors (Lipinski definition) is 3. The summed E-state index contributed by atoms with van der Waals surface area (Å²) in [5.74, 6) is -1.13. The SMILES string of the molecule is O=C(COc1ccc(Cl)c(F)c1)NC12CCC(NC(=O)c3ccno3)(CC1)C(O)C2. The van der Waals surface area contributed by atoms with Crippen LogP contribution in [0.25, 0.3) is 0 Å². The number of ether oxygens (including phenoxy) is 1. The van der Waals surface area contributed by atoms with Gasteiger partial charge in [-0.2, -0.15) is 0 Å². The van der Waals surface area contributed by atoms with Crippen molar-refractivity contribution in [1.29, 1.82) is 0 Å². The summed E-state index contributed by atoms with van der Waals surface area (Å²) in [5.41, 5.74) is -1.32. The number of aliphatic hydroxyl groups excluding tert-OH is 1. The van der Waals surface area contributed by atoms with Crippen molar-refractivity contribution in [1.82, 2.24) is 15.8 Å². The Labute approximate surface area is 176 Å². The number of halogens is 2. The highest BCUT2D eigenvalue weighted by atomic mass is 35.5. The van der Waals surface area contributed by atoms with Gasteiger partial charge in [0.1, 0.15) is 11.6 Å². The number of hydrogen-bond acceptors (Lipinski definition) is 6. The molecule has 1 heterocycles. The van der Waals surface area contributed by atoms with Crippen LogP contribution in [0, 0.1) is 5.82 Å². The number of aromatic nitrogens is 1. The normalized spacial score (nSPS) is 27.5. The molecule has 3 fully saturated rings. The predicted molar refractivity (Wildman–Crippen MR) is 104 cm³/mol. The second-order valence-corrected chi connectivity index (χ2v) is 8.31. The molecule has 0 aliphatic heterocycles. The molecule has 2 aromatic rings. The highest BCUT2D eigenvalue weighted by Crippen LogP contribution is 2.47. The van der Waals surface area contributed by atoms with Gasteiger partial charge in [0, 0.05) is 17.7 Å². The minimum absolute atomic E-state index is 0.0250. The van der Waals surface area contributed by atoms with Crippen LogP contribution in [0.5, 0.6) is 5.75 Å². The lowest BCUT2D eigenvalue weighted by atomic mass is 9.60. The molecule has 0 saturated heterocycles. The number of fused-ring (bicyclic) bond motifs is 3. The van der Waals surface area contributed by atoms with Crippen LogP contribution in [0.2, 0.25) is 5.02 Å².